The van der Waals surface area contributed by atoms with E-state index in [1.54, 1.807) is 19.2 Å². The van der Waals surface area contributed by atoms with Gasteiger partial charge in [0.05, 0.1) is 11.6 Å². The van der Waals surface area contributed by atoms with Gasteiger partial charge in [-0.15, -0.1) is 0 Å². The maximum Gasteiger partial charge on any atom is 0.419 e. The molecule has 158 valence electrons. The summed E-state index contributed by atoms with van der Waals surface area (Å²) in [7, 11) is 0. The summed E-state index contributed by atoms with van der Waals surface area (Å²) < 4.78 is 51.7. The van der Waals surface area contributed by atoms with Crippen molar-refractivity contribution in [3.63, 3.8) is 0 Å². The van der Waals surface area contributed by atoms with Crippen LogP contribution in [0.2, 0.25) is 0 Å². The molecular weight excluding hydrogens is 404 g/mol. The molecule has 3 N–H and O–H groups in total. The number of allylic oxidation sites excluding steroid dienone is 1. The number of alkyl halides is 3. The molecule has 2 heterocycles. The van der Waals surface area contributed by atoms with Crippen LogP contribution in [0.15, 0.2) is 41.4 Å². The molecule has 0 fully saturated rings. The fourth-order valence-corrected chi connectivity index (χ4v) is 2.71. The molecule has 1 aromatic heterocycles. The number of nitrogens with zero attached hydrogens (tertiary/aromatic N) is 3. The molecule has 1 atom stereocenters. The average Bonchev–Trinajstić information content (AvgIpc) is 3.15. The number of carbonyl (C=O) groups excluding carboxylic acids is 1. The molecule has 0 aliphatic carbocycles. The third-order valence-corrected chi connectivity index (χ3v) is 4.05. The summed E-state index contributed by atoms with van der Waals surface area (Å²) in [4.78, 5) is 24.6. The molecule has 0 radical (unpaired) electrons. The monoisotopic (exact) mass is 422 g/mol. The van der Waals surface area contributed by atoms with E-state index < -0.39 is 23.6 Å². The van der Waals surface area contributed by atoms with Crippen LogP contribution in [-0.4, -0.2) is 34.8 Å². The molecule has 0 saturated heterocycles. The van der Waals surface area contributed by atoms with Crippen molar-refractivity contribution in [1.82, 2.24) is 9.97 Å². The first-order valence-corrected chi connectivity index (χ1v) is 8.95. The lowest BCUT2D eigenvalue weighted by Crippen LogP contribution is -2.22. The van der Waals surface area contributed by atoms with Gasteiger partial charge in [-0.2, -0.15) is 18.2 Å². The fraction of sp³-hybridized carbons (Fsp3) is 0.263. The molecule has 11 heteroatoms. The van der Waals surface area contributed by atoms with Gasteiger partial charge in [0.15, 0.2) is 0 Å². The Morgan fingerprint density at radius 3 is 2.67 bits per heavy atom. The first kappa shape index (κ1) is 21.2. The van der Waals surface area contributed by atoms with E-state index in [9.17, 15) is 22.4 Å². The maximum absolute atomic E-state index is 13.4. The van der Waals surface area contributed by atoms with Crippen molar-refractivity contribution in [3.05, 3.63) is 53.5 Å². The molecule has 0 saturated carbocycles. The van der Waals surface area contributed by atoms with E-state index in [-0.39, 0.29) is 17.7 Å². The van der Waals surface area contributed by atoms with Crippen molar-refractivity contribution in [2.45, 2.75) is 25.6 Å². The second-order valence-corrected chi connectivity index (χ2v) is 6.46. The Labute approximate surface area is 169 Å². The van der Waals surface area contributed by atoms with E-state index >= 15 is 0 Å². The molecule has 7 nitrogen and oxygen atoms in total. The van der Waals surface area contributed by atoms with Crippen molar-refractivity contribution in [2.75, 3.05) is 22.5 Å². The Morgan fingerprint density at radius 2 is 1.97 bits per heavy atom. The van der Waals surface area contributed by atoms with Crippen LogP contribution in [0.25, 0.3) is 0 Å². The van der Waals surface area contributed by atoms with E-state index in [1.165, 1.54) is 0 Å². The van der Waals surface area contributed by atoms with Crippen molar-refractivity contribution in [3.8, 4) is 0 Å². The Hall–Kier alpha value is -3.50. The first-order valence-electron chi connectivity index (χ1n) is 8.95. The van der Waals surface area contributed by atoms with Crippen LogP contribution >= 0.6 is 0 Å². The smallest absolute Gasteiger partial charge is 0.370 e. The van der Waals surface area contributed by atoms with Gasteiger partial charge in [0.1, 0.15) is 11.6 Å². The quantitative estimate of drug-likeness (QED) is 0.602. The number of aromatic nitrogens is 2. The van der Waals surface area contributed by atoms with Crippen LogP contribution in [0.4, 0.5) is 39.8 Å². The maximum atomic E-state index is 13.4. The SMILES string of the molecule is Cc1cc(NCCC2C=CC=N2)nc(NC(=O)Nc2ccc(F)c(C(F)(F)F)c2)n1. The van der Waals surface area contributed by atoms with Gasteiger partial charge in [-0.3, -0.25) is 10.3 Å². The normalized spacial score (nSPS) is 15.3. The molecule has 1 aliphatic rings. The zero-order valence-corrected chi connectivity index (χ0v) is 15.8. The minimum atomic E-state index is -4.88. The highest BCUT2D eigenvalue weighted by molar-refractivity contribution is 5.98. The predicted octanol–water partition coefficient (Wildman–Crippen LogP) is 4.40. The van der Waals surface area contributed by atoms with Crippen molar-refractivity contribution < 1.29 is 22.4 Å². The third-order valence-electron chi connectivity index (χ3n) is 4.05. The van der Waals surface area contributed by atoms with Gasteiger partial charge < -0.3 is 10.6 Å². The largest absolute Gasteiger partial charge is 0.419 e. The van der Waals surface area contributed by atoms with Gasteiger partial charge in [0, 0.05) is 30.2 Å². The number of amides is 2. The van der Waals surface area contributed by atoms with E-state index in [0.717, 1.165) is 12.5 Å². The second-order valence-electron chi connectivity index (χ2n) is 6.46. The van der Waals surface area contributed by atoms with Crippen molar-refractivity contribution >= 4 is 29.7 Å². The van der Waals surface area contributed by atoms with Crippen LogP contribution in [-0.2, 0) is 6.18 Å². The minimum absolute atomic E-state index is 0.0352. The number of benzene rings is 1. The number of aliphatic imine (C=N–C) groups is 1. The van der Waals surface area contributed by atoms with Gasteiger partial charge in [-0.1, -0.05) is 6.08 Å². The molecule has 1 unspecified atom stereocenters. The molecule has 3 rings (SSSR count). The van der Waals surface area contributed by atoms with E-state index in [2.05, 4.69) is 30.9 Å². The number of hydrogen-bond donors (Lipinski definition) is 3. The second kappa shape index (κ2) is 8.89. The third kappa shape index (κ3) is 5.75. The van der Waals surface area contributed by atoms with Gasteiger partial charge in [0.2, 0.25) is 5.95 Å². The van der Waals surface area contributed by atoms with Gasteiger partial charge in [-0.05, 0) is 37.6 Å². The highest BCUT2D eigenvalue weighted by Gasteiger charge is 2.34. The average molecular weight is 422 g/mol. The summed E-state index contributed by atoms with van der Waals surface area (Å²) in [6.07, 6.45) is 1.46. The highest BCUT2D eigenvalue weighted by Crippen LogP contribution is 2.33. The molecule has 1 aliphatic heterocycles. The number of aryl methyl sites for hydroxylation is 1. The summed E-state index contributed by atoms with van der Waals surface area (Å²) in [6, 6.07) is 3.10. The summed E-state index contributed by atoms with van der Waals surface area (Å²) in [5, 5.41) is 7.67. The first-order chi connectivity index (χ1) is 14.2. The van der Waals surface area contributed by atoms with E-state index in [1.807, 2.05) is 12.2 Å². The zero-order chi connectivity index (χ0) is 21.7. The Bertz CT molecular complexity index is 977. The van der Waals surface area contributed by atoms with Crippen LogP contribution in [0, 0.1) is 12.7 Å². The summed E-state index contributed by atoms with van der Waals surface area (Å²) >= 11 is 0. The Kier molecular flexibility index (Phi) is 6.28. The highest BCUT2D eigenvalue weighted by atomic mass is 19.4. The summed E-state index contributed by atoms with van der Waals surface area (Å²) in [6.45, 7) is 2.29. The van der Waals surface area contributed by atoms with E-state index in [0.29, 0.717) is 30.2 Å². The summed E-state index contributed by atoms with van der Waals surface area (Å²) in [5.41, 5.74) is -1.12. The van der Waals surface area contributed by atoms with E-state index in [4.69, 9.17) is 0 Å². The topological polar surface area (TPSA) is 91.3 Å². The minimum Gasteiger partial charge on any atom is -0.370 e. The number of carbonyl (C=O) groups is 1. The number of nitrogens with one attached hydrogen (secondary N) is 3. The van der Waals surface area contributed by atoms with Crippen LogP contribution in [0.1, 0.15) is 17.7 Å². The van der Waals surface area contributed by atoms with Gasteiger partial charge in [0.25, 0.3) is 0 Å². The standard InChI is InChI=1S/C19H18F4N6O/c1-11-9-16(25-8-6-12-3-2-7-24-12)28-17(26-11)29-18(30)27-13-4-5-15(20)14(10-13)19(21,22)23/h2-5,7,9-10,12H,6,8H2,1H3,(H3,25,26,27,28,29,30). The van der Waals surface area contributed by atoms with Crippen LogP contribution in [0.5, 0.6) is 0 Å². The molecule has 0 spiro atoms. The van der Waals surface area contributed by atoms with Crippen molar-refractivity contribution in [2.24, 2.45) is 4.99 Å². The molecule has 2 aromatic rings. The number of halogens is 4. The predicted molar refractivity (Wildman–Crippen MR) is 105 cm³/mol. The molecule has 1 aromatic carbocycles. The molecule has 30 heavy (non-hydrogen) atoms. The Balaban J connectivity index is 1.61. The zero-order valence-electron chi connectivity index (χ0n) is 15.8. The number of rotatable bonds is 6. The number of anilines is 3. The summed E-state index contributed by atoms with van der Waals surface area (Å²) in [5.74, 6) is -0.984. The fourth-order valence-electron chi connectivity index (χ4n) is 2.71. The lowest BCUT2D eigenvalue weighted by atomic mass is 10.2. The van der Waals surface area contributed by atoms with Crippen LogP contribution in [0.3, 0.4) is 0 Å². The Morgan fingerprint density at radius 1 is 1.17 bits per heavy atom. The van der Waals surface area contributed by atoms with Gasteiger partial charge >= 0.3 is 12.2 Å². The molecule has 2 amide bonds. The number of hydrogen-bond acceptors (Lipinski definition) is 5. The molecular formula is C19H18F4N6O. The molecule has 0 bridgehead atoms. The van der Waals surface area contributed by atoms with Crippen LogP contribution < -0.4 is 16.0 Å². The lowest BCUT2D eigenvalue weighted by molar-refractivity contribution is -0.139. The van der Waals surface area contributed by atoms with Gasteiger partial charge in [-0.25, -0.2) is 14.2 Å². The van der Waals surface area contributed by atoms with Crippen molar-refractivity contribution in [1.29, 1.82) is 0 Å². The number of urea groups is 1. The lowest BCUT2D eigenvalue weighted by Gasteiger charge is -2.12.